The second kappa shape index (κ2) is 16.7. The Balaban J connectivity index is -0.0000000412. The van der Waals surface area contributed by atoms with E-state index in [1.54, 1.807) is 0 Å². The third kappa shape index (κ3) is 22.9. The van der Waals surface area contributed by atoms with E-state index in [2.05, 4.69) is 11.9 Å². The molecule has 10 heavy (non-hydrogen) atoms. The van der Waals surface area contributed by atoms with Crippen LogP contribution in [0.1, 0.15) is 6.92 Å². The molecular weight excluding hydrogens is 185 g/mol. The van der Waals surface area contributed by atoms with Gasteiger partial charge in [0.15, 0.2) is 17.4 Å². The standard InChI is InChI=1S/C3H6O3.Al.ClHO.Na.4H/c1-2(4)3(5)6;;1-2;;;;;/h2,4H,1H3,(H,5,6);;2H;;;;;. The van der Waals surface area contributed by atoms with Gasteiger partial charge in [-0.1, -0.05) is 0 Å². The fourth-order valence-electron chi connectivity index (χ4n) is 0. The van der Waals surface area contributed by atoms with Crippen LogP contribution in [-0.4, -0.2) is 73.9 Å². The van der Waals surface area contributed by atoms with Crippen molar-refractivity contribution in [3.63, 3.8) is 0 Å². The molecule has 0 amide bonds. The zero-order valence-corrected chi connectivity index (χ0v) is 4.96. The van der Waals surface area contributed by atoms with Crippen molar-refractivity contribution < 1.29 is 19.7 Å². The molecule has 1 atom stereocenters. The average molecular weight is 197 g/mol. The third-order valence-corrected chi connectivity index (χ3v) is 0.357. The van der Waals surface area contributed by atoms with E-state index in [4.69, 9.17) is 14.9 Å². The van der Waals surface area contributed by atoms with Crippen molar-refractivity contribution in [3.8, 4) is 0 Å². The molecule has 0 saturated carbocycles. The molecule has 0 heterocycles. The number of carboxylic acids is 1. The summed E-state index contributed by atoms with van der Waals surface area (Å²) in [4.78, 5) is 9.45. The first-order valence-corrected chi connectivity index (χ1v) is 2.06. The Bertz CT molecular complexity index is 71.5. The summed E-state index contributed by atoms with van der Waals surface area (Å²) >= 11 is 3.64. The van der Waals surface area contributed by atoms with Gasteiger partial charge in [0.05, 0.1) is 11.9 Å². The zero-order valence-electron chi connectivity index (χ0n) is 4.21. The van der Waals surface area contributed by atoms with Crippen molar-refractivity contribution in [1.29, 1.82) is 0 Å². The molecule has 0 aromatic carbocycles. The van der Waals surface area contributed by atoms with E-state index >= 15 is 0 Å². The van der Waals surface area contributed by atoms with E-state index in [0.29, 0.717) is 0 Å². The number of aliphatic carboxylic acids is 1. The molecule has 0 aliphatic rings. The first kappa shape index (κ1) is 22.5. The number of carboxylic acid groups (broad SMARTS) is 1. The van der Waals surface area contributed by atoms with Gasteiger partial charge in [-0.2, -0.15) is 0 Å². The number of hydrogen-bond donors (Lipinski definition) is 3. The fourth-order valence-corrected chi connectivity index (χ4v) is 0. The van der Waals surface area contributed by atoms with Crippen molar-refractivity contribution in [1.82, 2.24) is 0 Å². The van der Waals surface area contributed by atoms with Gasteiger partial charge >= 0.3 is 35.5 Å². The Hall–Kier alpha value is 1.21. The summed E-state index contributed by atoms with van der Waals surface area (Å²) in [5.74, 6) is -1.19. The second-order valence-corrected chi connectivity index (χ2v) is 1.01. The van der Waals surface area contributed by atoms with E-state index < -0.39 is 12.1 Å². The van der Waals surface area contributed by atoms with Gasteiger partial charge in [0.25, 0.3) is 0 Å². The average Bonchev–Trinajstić information content (AvgIpc) is 1.72. The van der Waals surface area contributed by atoms with Gasteiger partial charge in [0, 0.05) is 0 Å². The number of aliphatic hydroxyl groups excluding tert-OH is 1. The van der Waals surface area contributed by atoms with Crippen LogP contribution < -0.4 is 0 Å². The number of rotatable bonds is 1. The normalized spacial score (nSPS) is 8.80. The van der Waals surface area contributed by atoms with Gasteiger partial charge in [-0.3, -0.25) is 4.66 Å². The maximum atomic E-state index is 9.45. The van der Waals surface area contributed by atoms with Gasteiger partial charge in [0.1, 0.15) is 6.10 Å². The summed E-state index contributed by atoms with van der Waals surface area (Å²) in [5, 5.41) is 15.8. The van der Waals surface area contributed by atoms with Crippen LogP contribution in [0.3, 0.4) is 0 Å². The van der Waals surface area contributed by atoms with Gasteiger partial charge in [-0.15, -0.1) is 0 Å². The van der Waals surface area contributed by atoms with Crippen LogP contribution in [0, 0.1) is 0 Å². The van der Waals surface area contributed by atoms with Crippen LogP contribution in [0.4, 0.5) is 0 Å². The summed E-state index contributed by atoms with van der Waals surface area (Å²) in [5.41, 5.74) is 0. The first-order valence-electron chi connectivity index (χ1n) is 1.72. The molecular formula is C3H11AlClNaO4. The Kier molecular flexibility index (Phi) is 37.5. The topological polar surface area (TPSA) is 77.8 Å². The molecule has 3 N–H and O–H groups in total. The van der Waals surface area contributed by atoms with Crippen molar-refractivity contribution in [2.24, 2.45) is 0 Å². The van der Waals surface area contributed by atoms with Crippen LogP contribution in [0.25, 0.3) is 0 Å². The molecule has 0 aliphatic carbocycles. The van der Waals surface area contributed by atoms with E-state index in [-0.39, 0.29) is 46.9 Å². The van der Waals surface area contributed by atoms with Crippen molar-refractivity contribution in [2.75, 3.05) is 0 Å². The summed E-state index contributed by atoms with van der Waals surface area (Å²) in [6.07, 6.45) is -1.23. The molecule has 4 nitrogen and oxygen atoms in total. The summed E-state index contributed by atoms with van der Waals surface area (Å²) in [6.45, 7) is 1.20. The maximum absolute atomic E-state index is 9.45. The van der Waals surface area contributed by atoms with Crippen molar-refractivity contribution in [3.05, 3.63) is 0 Å². The summed E-state index contributed by atoms with van der Waals surface area (Å²) in [6, 6.07) is 0. The Labute approximate surface area is 96.8 Å². The van der Waals surface area contributed by atoms with Gasteiger partial charge in [0.2, 0.25) is 0 Å². The number of hydrogen-bond acceptors (Lipinski definition) is 3. The van der Waals surface area contributed by atoms with E-state index in [1.807, 2.05) is 0 Å². The number of aliphatic hydroxyl groups is 1. The molecule has 58 valence electrons. The first-order chi connectivity index (χ1) is 3.64. The Morgan fingerprint density at radius 1 is 1.50 bits per heavy atom. The van der Waals surface area contributed by atoms with Gasteiger partial charge in [-0.05, 0) is 6.92 Å². The van der Waals surface area contributed by atoms with Crippen LogP contribution in [0.2, 0.25) is 0 Å². The van der Waals surface area contributed by atoms with E-state index in [1.165, 1.54) is 6.92 Å². The zero-order chi connectivity index (χ0) is 7.15. The van der Waals surface area contributed by atoms with Crippen molar-refractivity contribution >= 4 is 64.8 Å². The second-order valence-electron chi connectivity index (χ2n) is 1.01. The van der Waals surface area contributed by atoms with Crippen LogP contribution in [-0.2, 0) is 4.79 Å². The minimum atomic E-state index is -1.23. The molecule has 0 aliphatic heterocycles. The minimum absolute atomic E-state index is 0. The fraction of sp³-hybridized carbons (Fsp3) is 0.667. The predicted molar refractivity (Wildman–Crippen MR) is 44.5 cm³/mol. The van der Waals surface area contributed by atoms with Crippen molar-refractivity contribution in [2.45, 2.75) is 13.0 Å². The molecule has 0 aromatic heterocycles. The monoisotopic (exact) mass is 196 g/mol. The summed E-state index contributed by atoms with van der Waals surface area (Å²) < 4.78 is 6.47. The molecule has 0 fully saturated rings. The molecule has 0 rings (SSSR count). The number of carbonyl (C=O) groups is 1. The van der Waals surface area contributed by atoms with Crippen LogP contribution in [0.15, 0.2) is 0 Å². The number of halogens is 1. The summed E-state index contributed by atoms with van der Waals surface area (Å²) in [7, 11) is 0. The van der Waals surface area contributed by atoms with E-state index in [9.17, 15) is 4.79 Å². The molecule has 0 aromatic rings. The van der Waals surface area contributed by atoms with Gasteiger partial charge in [-0.25, -0.2) is 4.79 Å². The molecule has 1 unspecified atom stereocenters. The van der Waals surface area contributed by atoms with Crippen LogP contribution in [0.5, 0.6) is 0 Å². The Morgan fingerprint density at radius 3 is 1.60 bits per heavy atom. The third-order valence-electron chi connectivity index (χ3n) is 0.357. The quantitative estimate of drug-likeness (QED) is 0.414. The predicted octanol–water partition coefficient (Wildman–Crippen LogP) is -2.25. The van der Waals surface area contributed by atoms with Gasteiger partial charge < -0.3 is 10.2 Å². The molecule has 0 spiro atoms. The SMILES string of the molecule is CC(O)C(=O)O.OCl.[AlH3].[NaH]. The molecule has 0 radical (unpaired) electrons. The molecule has 0 bridgehead atoms. The Morgan fingerprint density at radius 2 is 1.60 bits per heavy atom. The molecule has 7 heteroatoms. The molecule has 0 saturated heterocycles. The van der Waals surface area contributed by atoms with Crippen LogP contribution >= 0.6 is 11.9 Å². The van der Waals surface area contributed by atoms with E-state index in [0.717, 1.165) is 0 Å².